The Labute approximate surface area is 252 Å². The maximum atomic E-state index is 13.4. The highest BCUT2D eigenvalue weighted by Crippen LogP contribution is 2.45. The van der Waals surface area contributed by atoms with Gasteiger partial charge in [0.2, 0.25) is 0 Å². The van der Waals surface area contributed by atoms with Gasteiger partial charge in [-0.15, -0.1) is 11.3 Å². The summed E-state index contributed by atoms with van der Waals surface area (Å²) in [4.78, 5) is 19.6. The molecule has 2 aromatic carbocycles. The molecule has 2 heterocycles. The van der Waals surface area contributed by atoms with Gasteiger partial charge in [-0.05, 0) is 94.1 Å². The van der Waals surface area contributed by atoms with Crippen LogP contribution in [-0.2, 0) is 26.0 Å². The second-order valence-corrected chi connectivity index (χ2v) is 13.4. The van der Waals surface area contributed by atoms with Gasteiger partial charge in [0.15, 0.2) is 0 Å². The van der Waals surface area contributed by atoms with E-state index in [-0.39, 0.29) is 11.3 Å². The normalized spacial score (nSPS) is 15.3. The molecule has 1 N–H and O–H groups in total. The SMILES string of the molecule is CC(C)(C)[C@@H]1CCc2c(sc(N=Cc3ccc(OCc4ccccc4Cl)c(Br)c3)c2C(=O)NCc2ccco2)C1. The van der Waals surface area contributed by atoms with Gasteiger partial charge in [0.1, 0.15) is 23.1 Å². The van der Waals surface area contributed by atoms with Crippen LogP contribution in [0.1, 0.15) is 64.9 Å². The molecule has 0 unspecified atom stereocenters. The summed E-state index contributed by atoms with van der Waals surface area (Å²) in [6.07, 6.45) is 6.35. The smallest absolute Gasteiger partial charge is 0.255 e. The van der Waals surface area contributed by atoms with Crippen molar-refractivity contribution in [3.8, 4) is 5.75 Å². The first-order valence-corrected chi connectivity index (χ1v) is 15.3. The molecule has 0 bridgehead atoms. The largest absolute Gasteiger partial charge is 0.488 e. The number of rotatable bonds is 8. The standard InChI is InChI=1S/C32H32BrClN2O3S/c1-32(2,3)22-11-12-24-28(16-22)40-31(29(24)30(37)35-18-23-8-6-14-38-23)36-17-20-10-13-27(25(33)15-20)39-19-21-7-4-5-9-26(21)34/h4-10,13-15,17,22H,11-12,16,18-19H2,1-3H3,(H,35,37)/t22-/m1/s1. The average Bonchev–Trinajstić information content (AvgIpc) is 3.57. The van der Waals surface area contributed by atoms with Gasteiger partial charge >= 0.3 is 0 Å². The number of furan rings is 1. The first kappa shape index (κ1) is 28.7. The van der Waals surface area contributed by atoms with Gasteiger partial charge in [-0.2, -0.15) is 0 Å². The Morgan fingerprint density at radius 1 is 1.23 bits per heavy atom. The van der Waals surface area contributed by atoms with Crippen LogP contribution in [0.3, 0.4) is 0 Å². The Hall–Kier alpha value is -2.87. The number of carbonyl (C=O) groups excluding carboxylic acids is 1. The van der Waals surface area contributed by atoms with Crippen LogP contribution < -0.4 is 10.1 Å². The van der Waals surface area contributed by atoms with Crippen molar-refractivity contribution < 1.29 is 13.9 Å². The minimum Gasteiger partial charge on any atom is -0.488 e. The molecule has 0 fully saturated rings. The Kier molecular flexibility index (Phi) is 8.83. The zero-order chi connectivity index (χ0) is 28.3. The van der Waals surface area contributed by atoms with E-state index in [1.807, 2.05) is 60.8 Å². The molecule has 1 amide bonds. The van der Waals surface area contributed by atoms with Crippen LogP contribution in [0.2, 0.25) is 5.02 Å². The number of ether oxygens (including phenoxy) is 1. The van der Waals surface area contributed by atoms with Crippen molar-refractivity contribution in [3.05, 3.63) is 103 Å². The van der Waals surface area contributed by atoms with E-state index in [0.29, 0.717) is 29.7 Å². The molecule has 5 rings (SSSR count). The number of aliphatic imine (C=N–C) groups is 1. The molecule has 208 valence electrons. The van der Waals surface area contributed by atoms with Crippen molar-refractivity contribution in [3.63, 3.8) is 0 Å². The minimum atomic E-state index is -0.111. The monoisotopic (exact) mass is 638 g/mol. The van der Waals surface area contributed by atoms with Gasteiger partial charge in [-0.1, -0.05) is 50.6 Å². The zero-order valence-electron chi connectivity index (χ0n) is 22.8. The molecule has 1 aliphatic rings. The van der Waals surface area contributed by atoms with Crippen LogP contribution in [0.15, 0.2) is 74.7 Å². The molecule has 0 spiro atoms. The summed E-state index contributed by atoms with van der Waals surface area (Å²) in [5.74, 6) is 1.90. The highest BCUT2D eigenvalue weighted by atomic mass is 79.9. The lowest BCUT2D eigenvalue weighted by Crippen LogP contribution is -2.28. The number of halogens is 2. The Bertz CT molecular complexity index is 1520. The van der Waals surface area contributed by atoms with E-state index in [4.69, 9.17) is 25.7 Å². The van der Waals surface area contributed by atoms with Crippen molar-refractivity contribution >= 4 is 56.0 Å². The lowest BCUT2D eigenvalue weighted by Gasteiger charge is -2.33. The quantitative estimate of drug-likeness (QED) is 0.196. The van der Waals surface area contributed by atoms with Crippen LogP contribution in [0.4, 0.5) is 5.00 Å². The zero-order valence-corrected chi connectivity index (χ0v) is 26.0. The van der Waals surface area contributed by atoms with Gasteiger partial charge < -0.3 is 14.5 Å². The van der Waals surface area contributed by atoms with Crippen molar-refractivity contribution in [2.45, 2.75) is 53.2 Å². The molecule has 4 aromatic rings. The van der Waals surface area contributed by atoms with Crippen molar-refractivity contribution in [2.24, 2.45) is 16.3 Å². The third kappa shape index (κ3) is 6.70. The molecular weight excluding hydrogens is 608 g/mol. The fraction of sp³-hybridized carbons (Fsp3) is 0.312. The lowest BCUT2D eigenvalue weighted by atomic mass is 9.72. The summed E-state index contributed by atoms with van der Waals surface area (Å²) in [5, 5.41) is 4.45. The molecule has 0 saturated carbocycles. The fourth-order valence-corrected chi connectivity index (χ4v) is 6.89. The van der Waals surface area contributed by atoms with Crippen LogP contribution in [0.25, 0.3) is 0 Å². The van der Waals surface area contributed by atoms with Crippen molar-refractivity contribution in [1.82, 2.24) is 5.32 Å². The van der Waals surface area contributed by atoms with Crippen molar-refractivity contribution in [1.29, 1.82) is 0 Å². The summed E-state index contributed by atoms with van der Waals surface area (Å²) in [7, 11) is 0. The van der Waals surface area contributed by atoms with E-state index in [1.165, 1.54) is 4.88 Å². The minimum absolute atomic E-state index is 0.111. The summed E-state index contributed by atoms with van der Waals surface area (Å²) in [6.45, 7) is 7.61. The third-order valence-electron chi connectivity index (χ3n) is 7.33. The molecule has 1 atom stereocenters. The van der Waals surface area contributed by atoms with E-state index in [2.05, 4.69) is 42.0 Å². The number of benzene rings is 2. The molecular formula is C32H32BrClN2O3S. The van der Waals surface area contributed by atoms with Gasteiger partial charge in [-0.3, -0.25) is 4.79 Å². The first-order chi connectivity index (χ1) is 19.2. The number of fused-ring (bicyclic) bond motifs is 1. The summed E-state index contributed by atoms with van der Waals surface area (Å²) < 4.78 is 12.2. The van der Waals surface area contributed by atoms with E-state index in [1.54, 1.807) is 17.6 Å². The number of nitrogens with zero attached hydrogens (tertiary/aromatic N) is 1. The van der Waals surface area contributed by atoms with Gasteiger partial charge in [0, 0.05) is 21.7 Å². The van der Waals surface area contributed by atoms with Gasteiger partial charge in [-0.25, -0.2) is 4.99 Å². The van der Waals surface area contributed by atoms with Crippen LogP contribution in [0.5, 0.6) is 5.75 Å². The van der Waals surface area contributed by atoms with E-state index in [9.17, 15) is 4.79 Å². The highest BCUT2D eigenvalue weighted by Gasteiger charge is 2.33. The molecule has 8 heteroatoms. The number of amides is 1. The van der Waals surface area contributed by atoms with E-state index < -0.39 is 0 Å². The number of carbonyl (C=O) groups is 1. The summed E-state index contributed by atoms with van der Waals surface area (Å²) in [5.41, 5.74) is 3.87. The van der Waals surface area contributed by atoms with Crippen LogP contribution >= 0.6 is 38.9 Å². The predicted octanol–water partition coefficient (Wildman–Crippen LogP) is 9.17. The Morgan fingerprint density at radius 2 is 2.05 bits per heavy atom. The van der Waals surface area contributed by atoms with E-state index in [0.717, 1.165) is 56.9 Å². The average molecular weight is 640 g/mol. The molecule has 0 radical (unpaired) electrons. The van der Waals surface area contributed by atoms with Gasteiger partial charge in [0.05, 0.1) is 22.8 Å². The second kappa shape index (κ2) is 12.3. The van der Waals surface area contributed by atoms with Crippen molar-refractivity contribution in [2.75, 3.05) is 0 Å². The number of hydrogen-bond donors (Lipinski definition) is 1. The molecule has 0 saturated heterocycles. The van der Waals surface area contributed by atoms with Crippen LogP contribution in [0, 0.1) is 11.3 Å². The second-order valence-electron chi connectivity index (χ2n) is 11.1. The number of thiophene rings is 1. The number of hydrogen-bond acceptors (Lipinski definition) is 5. The molecule has 2 aromatic heterocycles. The molecule has 1 aliphatic carbocycles. The topological polar surface area (TPSA) is 63.8 Å². The maximum Gasteiger partial charge on any atom is 0.255 e. The van der Waals surface area contributed by atoms with Crippen LogP contribution in [-0.4, -0.2) is 12.1 Å². The fourth-order valence-electron chi connectivity index (χ4n) is 4.92. The Balaban J connectivity index is 1.37. The lowest BCUT2D eigenvalue weighted by molar-refractivity contribution is 0.0947. The molecule has 0 aliphatic heterocycles. The first-order valence-electron chi connectivity index (χ1n) is 13.3. The number of nitrogens with one attached hydrogen (secondary N) is 1. The third-order valence-corrected chi connectivity index (χ3v) is 9.48. The maximum absolute atomic E-state index is 13.4. The predicted molar refractivity (Wildman–Crippen MR) is 166 cm³/mol. The summed E-state index contributed by atoms with van der Waals surface area (Å²) in [6, 6.07) is 17.1. The van der Waals surface area contributed by atoms with Gasteiger partial charge in [0.25, 0.3) is 5.91 Å². The molecule has 5 nitrogen and oxygen atoms in total. The Morgan fingerprint density at radius 3 is 2.77 bits per heavy atom. The molecule has 40 heavy (non-hydrogen) atoms. The highest BCUT2D eigenvalue weighted by molar-refractivity contribution is 9.10. The summed E-state index contributed by atoms with van der Waals surface area (Å²) >= 11 is 11.5. The van der Waals surface area contributed by atoms with E-state index >= 15 is 0 Å².